The quantitative estimate of drug-likeness (QED) is 0.241. The second-order valence-electron chi connectivity index (χ2n) is 12.5. The van der Waals surface area contributed by atoms with Gasteiger partial charge in [-0.2, -0.15) is 0 Å². The molecule has 0 radical (unpaired) electrons. The number of nitrogens with zero attached hydrogens (tertiary/aromatic N) is 3. The van der Waals surface area contributed by atoms with Gasteiger partial charge in [-0.05, 0) is 100 Å². The minimum absolute atomic E-state index is 0.0583. The molecular formula is C37H44N4O5. The van der Waals surface area contributed by atoms with E-state index in [-0.39, 0.29) is 36.0 Å². The predicted molar refractivity (Wildman–Crippen MR) is 181 cm³/mol. The lowest BCUT2D eigenvalue weighted by molar-refractivity contribution is -0.143. The molecule has 0 aliphatic carbocycles. The minimum Gasteiger partial charge on any atom is -0.512 e. The molecule has 0 aromatic rings. The molecular weight excluding hydrogens is 580 g/mol. The summed E-state index contributed by atoms with van der Waals surface area (Å²) in [6.07, 6.45) is 7.49. The number of hydrogen-bond donors (Lipinski definition) is 2. The van der Waals surface area contributed by atoms with Gasteiger partial charge in [-0.15, -0.1) is 0 Å². The maximum Gasteiger partial charge on any atom is 0.312 e. The number of esters is 2. The Hall–Kier alpha value is -4.53. The minimum atomic E-state index is -0.644. The van der Waals surface area contributed by atoms with Crippen molar-refractivity contribution in [3.8, 4) is 0 Å². The highest BCUT2D eigenvalue weighted by Gasteiger charge is 2.40. The van der Waals surface area contributed by atoms with E-state index in [1.165, 1.54) is 14.2 Å². The molecule has 1 saturated heterocycles. The maximum absolute atomic E-state index is 13.2. The second kappa shape index (κ2) is 12.7. The van der Waals surface area contributed by atoms with Crippen LogP contribution in [0.25, 0.3) is 0 Å². The standard InChI is InChI=1S/C37H44N4O5/c1-11-24-19(4)27-16-31-33(23(8)42)21(6)29(39-31)14-28-20(5)25(12-13-32(43)45-9)36(41-28)34(22(7)37(44)46-10)35-18(3)17(2)26(40-35)15-30(24)38-27/h14-16,20,22,25,41-42H,11-13H2,1-10H3. The van der Waals surface area contributed by atoms with Crippen molar-refractivity contribution < 1.29 is 24.2 Å². The van der Waals surface area contributed by atoms with Gasteiger partial charge < -0.3 is 19.9 Å². The number of rotatable bonds is 6. The molecule has 8 bridgehead atoms. The number of nitrogens with one attached hydrogen (secondary N) is 1. The third-order valence-corrected chi connectivity index (χ3v) is 9.90. The van der Waals surface area contributed by atoms with Crippen LogP contribution < -0.4 is 5.32 Å². The van der Waals surface area contributed by atoms with Crippen LogP contribution in [-0.2, 0) is 19.1 Å². The van der Waals surface area contributed by atoms with Crippen LogP contribution in [0, 0.1) is 17.8 Å². The van der Waals surface area contributed by atoms with Crippen molar-refractivity contribution >= 4 is 29.1 Å². The molecule has 0 saturated carbocycles. The molecule has 9 heteroatoms. The number of ether oxygens (including phenoxy) is 2. The molecule has 242 valence electrons. The number of aliphatic hydroxyl groups is 1. The van der Waals surface area contributed by atoms with Crippen molar-refractivity contribution in [1.82, 2.24) is 5.32 Å². The Morgan fingerprint density at radius 3 is 2.24 bits per heavy atom. The monoisotopic (exact) mass is 624 g/mol. The first-order valence-corrected chi connectivity index (χ1v) is 15.9. The second-order valence-corrected chi connectivity index (χ2v) is 12.5. The number of methoxy groups -OCH3 is 2. The van der Waals surface area contributed by atoms with Crippen LogP contribution in [0.2, 0.25) is 0 Å². The van der Waals surface area contributed by atoms with E-state index in [0.29, 0.717) is 17.7 Å². The number of carbonyl (C=O) groups excluding carboxylic acids is 2. The predicted octanol–water partition coefficient (Wildman–Crippen LogP) is 7.06. The van der Waals surface area contributed by atoms with E-state index in [0.717, 1.165) is 79.8 Å². The van der Waals surface area contributed by atoms with Gasteiger partial charge in [0.1, 0.15) is 0 Å². The first kappa shape index (κ1) is 32.9. The molecule has 5 rings (SSSR count). The normalized spacial score (nSPS) is 24.3. The number of fused-ring (bicyclic) bond motifs is 5. The molecule has 1 fully saturated rings. The smallest absolute Gasteiger partial charge is 0.312 e. The Morgan fingerprint density at radius 2 is 1.61 bits per heavy atom. The van der Waals surface area contributed by atoms with Crippen LogP contribution in [-0.4, -0.2) is 48.4 Å². The number of aliphatic hydroxyl groups excluding tert-OH is 1. The first-order valence-electron chi connectivity index (χ1n) is 15.9. The molecule has 0 aromatic heterocycles. The number of aliphatic imine (C=N–C) groups is 3. The zero-order valence-electron chi connectivity index (χ0n) is 28.5. The fourth-order valence-electron chi connectivity index (χ4n) is 6.99. The number of allylic oxidation sites excluding steroid dienone is 12. The zero-order valence-corrected chi connectivity index (χ0v) is 28.5. The largest absolute Gasteiger partial charge is 0.512 e. The van der Waals surface area contributed by atoms with E-state index >= 15 is 0 Å². The average Bonchev–Trinajstić information content (AvgIpc) is 3.69. The van der Waals surface area contributed by atoms with E-state index < -0.39 is 5.92 Å². The third kappa shape index (κ3) is 5.56. The summed E-state index contributed by atoms with van der Waals surface area (Å²) in [6.45, 7) is 15.8. The molecule has 0 spiro atoms. The molecule has 3 unspecified atom stereocenters. The van der Waals surface area contributed by atoms with E-state index in [2.05, 4.69) is 26.1 Å². The van der Waals surface area contributed by atoms with Gasteiger partial charge in [0.15, 0.2) is 0 Å². The Kier molecular flexibility index (Phi) is 9.07. The molecule has 46 heavy (non-hydrogen) atoms. The Balaban J connectivity index is 1.86. The van der Waals surface area contributed by atoms with Gasteiger partial charge in [0.25, 0.3) is 0 Å². The van der Waals surface area contributed by atoms with Crippen molar-refractivity contribution in [3.63, 3.8) is 0 Å². The highest BCUT2D eigenvalue weighted by Crippen LogP contribution is 2.44. The van der Waals surface area contributed by atoms with Crippen molar-refractivity contribution in [3.05, 3.63) is 91.5 Å². The molecule has 5 heterocycles. The highest BCUT2D eigenvalue weighted by atomic mass is 16.5. The van der Waals surface area contributed by atoms with Crippen LogP contribution >= 0.6 is 0 Å². The fraction of sp³-hybridized carbons (Fsp3) is 0.432. The van der Waals surface area contributed by atoms with E-state index in [1.807, 2.05) is 45.9 Å². The van der Waals surface area contributed by atoms with Gasteiger partial charge in [-0.25, -0.2) is 15.0 Å². The maximum atomic E-state index is 13.2. The van der Waals surface area contributed by atoms with Crippen molar-refractivity contribution in [1.29, 1.82) is 0 Å². The fourth-order valence-corrected chi connectivity index (χ4v) is 6.99. The number of carbonyl (C=O) groups is 2. The van der Waals surface area contributed by atoms with Crippen molar-refractivity contribution in [2.75, 3.05) is 14.2 Å². The first-order chi connectivity index (χ1) is 21.8. The average molecular weight is 625 g/mol. The molecule has 2 N–H and O–H groups in total. The van der Waals surface area contributed by atoms with Crippen LogP contribution in [0.3, 0.4) is 0 Å². The van der Waals surface area contributed by atoms with Crippen LogP contribution in [0.1, 0.15) is 74.7 Å². The topological polar surface area (TPSA) is 122 Å². The summed E-state index contributed by atoms with van der Waals surface area (Å²) in [5.41, 5.74) is 12.7. The lowest BCUT2D eigenvalue weighted by atomic mass is 9.82. The zero-order chi connectivity index (χ0) is 33.6. The van der Waals surface area contributed by atoms with Gasteiger partial charge in [-0.1, -0.05) is 13.8 Å². The molecule has 5 aliphatic heterocycles. The summed E-state index contributed by atoms with van der Waals surface area (Å²) in [4.78, 5) is 40.8. The summed E-state index contributed by atoms with van der Waals surface area (Å²) in [5.74, 6) is -1.34. The Bertz CT molecular complexity index is 1780. The molecule has 3 atom stereocenters. The van der Waals surface area contributed by atoms with Gasteiger partial charge in [0.2, 0.25) is 0 Å². The SMILES string of the molecule is CCC1=C(C)C2=CC3=NC(=C(C)C3=C(C)O)C=C3NC(=C(C(C)C(=O)OC)C4=NC(=CC1=N2)C(C)=C4C)C(CCC(=O)OC)C3C. The highest BCUT2D eigenvalue weighted by molar-refractivity contribution is 6.20. The van der Waals surface area contributed by atoms with Gasteiger partial charge in [-0.3, -0.25) is 9.59 Å². The van der Waals surface area contributed by atoms with Crippen molar-refractivity contribution in [2.45, 2.75) is 74.7 Å². The van der Waals surface area contributed by atoms with Gasteiger partial charge >= 0.3 is 11.9 Å². The Morgan fingerprint density at radius 1 is 0.935 bits per heavy atom. The van der Waals surface area contributed by atoms with Crippen molar-refractivity contribution in [2.24, 2.45) is 32.7 Å². The van der Waals surface area contributed by atoms with E-state index in [9.17, 15) is 14.7 Å². The summed E-state index contributed by atoms with van der Waals surface area (Å²) >= 11 is 0. The molecule has 5 aliphatic rings. The number of hydrogen-bond acceptors (Lipinski definition) is 9. The summed E-state index contributed by atoms with van der Waals surface area (Å²) in [7, 11) is 2.78. The van der Waals surface area contributed by atoms with Crippen LogP contribution in [0.4, 0.5) is 0 Å². The van der Waals surface area contributed by atoms with E-state index in [4.69, 9.17) is 24.5 Å². The lowest BCUT2D eigenvalue weighted by Gasteiger charge is -2.23. The lowest BCUT2D eigenvalue weighted by Crippen LogP contribution is -2.26. The third-order valence-electron chi connectivity index (χ3n) is 9.90. The molecule has 0 aromatic carbocycles. The summed E-state index contributed by atoms with van der Waals surface area (Å²) in [5, 5.41) is 14.5. The molecule has 9 nitrogen and oxygen atoms in total. The Labute approximate surface area is 271 Å². The van der Waals surface area contributed by atoms with Gasteiger partial charge in [0.05, 0.1) is 60.1 Å². The summed E-state index contributed by atoms with van der Waals surface area (Å²) < 4.78 is 10.3. The van der Waals surface area contributed by atoms with E-state index in [1.54, 1.807) is 6.92 Å². The van der Waals surface area contributed by atoms with Gasteiger partial charge in [0, 0.05) is 40.8 Å². The van der Waals surface area contributed by atoms with Crippen LogP contribution in [0.5, 0.6) is 0 Å². The molecule has 0 amide bonds. The summed E-state index contributed by atoms with van der Waals surface area (Å²) in [6, 6.07) is 0. The van der Waals surface area contributed by atoms with Crippen LogP contribution in [0.15, 0.2) is 106 Å².